The van der Waals surface area contributed by atoms with Gasteiger partial charge in [-0.25, -0.2) is 0 Å². The van der Waals surface area contributed by atoms with Crippen molar-refractivity contribution >= 4 is 5.97 Å². The van der Waals surface area contributed by atoms with Crippen molar-refractivity contribution < 1.29 is 20.1 Å². The minimum atomic E-state index is -1.01. The van der Waals surface area contributed by atoms with Gasteiger partial charge in [-0.3, -0.25) is 4.79 Å². The van der Waals surface area contributed by atoms with Crippen molar-refractivity contribution in [1.82, 2.24) is 0 Å². The number of aliphatic hydroxyl groups excluding tert-OH is 1. The van der Waals surface area contributed by atoms with E-state index in [1.54, 1.807) is 0 Å². The Morgan fingerprint density at radius 2 is 1.59 bits per heavy atom. The highest BCUT2D eigenvalue weighted by Crippen LogP contribution is 2.76. The lowest BCUT2D eigenvalue weighted by molar-refractivity contribution is -0.217. The largest absolute Gasteiger partial charge is 0.481 e. The molecule has 1 unspecified atom stereocenters. The Labute approximate surface area is 206 Å². The van der Waals surface area contributed by atoms with E-state index in [1.807, 2.05) is 6.92 Å². The Bertz CT molecular complexity index is 919. The molecule has 5 aliphatic carbocycles. The third kappa shape index (κ3) is 2.71. The summed E-state index contributed by atoms with van der Waals surface area (Å²) in [6, 6.07) is 0. The number of carboxylic acid groups (broad SMARTS) is 1. The Kier molecular flexibility index (Phi) is 5.20. The molecule has 34 heavy (non-hydrogen) atoms. The van der Waals surface area contributed by atoms with Crippen LogP contribution in [-0.2, 0) is 4.79 Å². The molecule has 0 heterocycles. The number of fused-ring (bicyclic) bond motifs is 7. The first-order valence-electron chi connectivity index (χ1n) is 13.9. The van der Waals surface area contributed by atoms with E-state index in [-0.39, 0.29) is 39.6 Å². The maximum Gasteiger partial charge on any atom is 0.310 e. The van der Waals surface area contributed by atoms with E-state index in [0.717, 1.165) is 44.9 Å². The lowest BCUT2D eigenvalue weighted by atomic mass is 9.33. The number of carboxylic acids is 1. The molecule has 0 aromatic rings. The van der Waals surface area contributed by atoms with E-state index in [4.69, 9.17) is 0 Å². The summed E-state index contributed by atoms with van der Waals surface area (Å²) in [6.07, 6.45) is 10.3. The summed E-state index contributed by atoms with van der Waals surface area (Å²) < 4.78 is 0. The van der Waals surface area contributed by atoms with Crippen molar-refractivity contribution in [2.24, 2.45) is 50.7 Å². The molecule has 0 aromatic heterocycles. The number of hydrogen-bond donors (Lipinski definition) is 3. The van der Waals surface area contributed by atoms with Crippen LogP contribution in [0, 0.1) is 50.7 Å². The second kappa shape index (κ2) is 7.12. The standard InChI is InChI=1S/C30H48O4/c1-18-10-15-30(24(32)33)17-16-27(5)19(23(30)29(18,7)34)8-9-21-26(4)13-12-22(31)25(2,3)20(26)11-14-28(21,27)6/h8,18,20-23,31,34H,9-17H2,1-7H3,(H,32,33)/t18-,20?,21-,22+,23-,26+,27-,28-,29-,30+/m1/s1. The molecule has 4 fully saturated rings. The number of carbonyl (C=O) groups is 1. The quantitative estimate of drug-likeness (QED) is 0.397. The van der Waals surface area contributed by atoms with E-state index >= 15 is 0 Å². The SMILES string of the molecule is C[C@@H]1CC[C@]2(C(=O)O)CC[C@]3(C)C(=CC[C@@H]4[C@@]5(C)CC[C@H](O)C(C)(C)C5CC[C@]43C)[C@@H]2[C@]1(C)O. The summed E-state index contributed by atoms with van der Waals surface area (Å²) in [6.45, 7) is 16.0. The molecular formula is C30H48O4. The van der Waals surface area contributed by atoms with Crippen LogP contribution in [0.4, 0.5) is 0 Å². The second-order valence-corrected chi connectivity index (χ2v) is 14.7. The van der Waals surface area contributed by atoms with Crippen LogP contribution in [0.5, 0.6) is 0 Å². The Hall–Kier alpha value is -0.870. The van der Waals surface area contributed by atoms with Gasteiger partial charge in [-0.1, -0.05) is 53.2 Å². The van der Waals surface area contributed by atoms with Crippen molar-refractivity contribution in [3.63, 3.8) is 0 Å². The second-order valence-electron chi connectivity index (χ2n) is 14.7. The first-order chi connectivity index (χ1) is 15.6. The topological polar surface area (TPSA) is 77.8 Å². The van der Waals surface area contributed by atoms with Crippen LogP contribution in [0.3, 0.4) is 0 Å². The maximum absolute atomic E-state index is 12.8. The highest BCUT2D eigenvalue weighted by atomic mass is 16.4. The average molecular weight is 473 g/mol. The molecular weight excluding hydrogens is 424 g/mol. The van der Waals surface area contributed by atoms with Crippen molar-refractivity contribution in [3.8, 4) is 0 Å². The van der Waals surface area contributed by atoms with Gasteiger partial charge in [-0.05, 0) is 104 Å². The predicted molar refractivity (Wildman–Crippen MR) is 134 cm³/mol. The van der Waals surface area contributed by atoms with Crippen LogP contribution < -0.4 is 0 Å². The molecule has 0 bridgehead atoms. The molecule has 5 rings (SSSR count). The first kappa shape index (κ1) is 24.8. The number of aliphatic hydroxyl groups is 2. The highest BCUT2D eigenvalue weighted by Gasteiger charge is 2.71. The fourth-order valence-corrected chi connectivity index (χ4v) is 10.8. The third-order valence-electron chi connectivity index (χ3n) is 13.5. The van der Waals surface area contributed by atoms with Gasteiger partial charge in [-0.15, -0.1) is 0 Å². The lowest BCUT2D eigenvalue weighted by Crippen LogP contribution is -2.67. The van der Waals surface area contributed by atoms with Gasteiger partial charge in [0.05, 0.1) is 17.1 Å². The van der Waals surface area contributed by atoms with Crippen LogP contribution in [0.15, 0.2) is 11.6 Å². The van der Waals surface area contributed by atoms with E-state index in [0.29, 0.717) is 24.7 Å². The molecule has 4 saturated carbocycles. The van der Waals surface area contributed by atoms with Crippen LogP contribution >= 0.6 is 0 Å². The van der Waals surface area contributed by atoms with Crippen LogP contribution in [0.1, 0.15) is 106 Å². The van der Waals surface area contributed by atoms with E-state index in [1.165, 1.54) is 5.57 Å². The summed E-state index contributed by atoms with van der Waals surface area (Å²) in [5.74, 6) is 0.0848. The molecule has 3 N–H and O–H groups in total. The fourth-order valence-electron chi connectivity index (χ4n) is 10.8. The molecule has 0 saturated heterocycles. The molecule has 0 spiro atoms. The molecule has 4 heteroatoms. The minimum Gasteiger partial charge on any atom is -0.481 e. The van der Waals surface area contributed by atoms with Gasteiger partial charge < -0.3 is 15.3 Å². The maximum atomic E-state index is 12.8. The summed E-state index contributed by atoms with van der Waals surface area (Å²) in [5.41, 5.74) is -0.532. The summed E-state index contributed by atoms with van der Waals surface area (Å²) in [4.78, 5) is 12.8. The normalized spacial score (nSPS) is 56.3. The van der Waals surface area contributed by atoms with Gasteiger partial charge >= 0.3 is 5.97 Å². The van der Waals surface area contributed by atoms with Crippen molar-refractivity contribution in [2.75, 3.05) is 0 Å². The van der Waals surface area contributed by atoms with Gasteiger partial charge in [0.15, 0.2) is 0 Å². The molecule has 4 nitrogen and oxygen atoms in total. The summed E-state index contributed by atoms with van der Waals surface area (Å²) >= 11 is 0. The number of aliphatic carboxylic acids is 1. The number of allylic oxidation sites excluding steroid dienone is 1. The van der Waals surface area contributed by atoms with Crippen LogP contribution in [0.25, 0.3) is 0 Å². The summed E-state index contributed by atoms with van der Waals surface area (Å²) in [7, 11) is 0. The lowest BCUT2D eigenvalue weighted by Gasteiger charge is -2.71. The van der Waals surface area contributed by atoms with E-state index < -0.39 is 17.0 Å². The molecule has 10 atom stereocenters. The van der Waals surface area contributed by atoms with E-state index in [2.05, 4.69) is 47.6 Å². The van der Waals surface area contributed by atoms with Crippen LogP contribution in [0.2, 0.25) is 0 Å². The van der Waals surface area contributed by atoms with Crippen molar-refractivity contribution in [2.45, 2.75) is 118 Å². The van der Waals surface area contributed by atoms with Gasteiger partial charge in [0, 0.05) is 5.92 Å². The zero-order valence-corrected chi connectivity index (χ0v) is 22.6. The molecule has 0 aliphatic heterocycles. The molecule has 0 aromatic carbocycles. The first-order valence-corrected chi connectivity index (χ1v) is 13.9. The molecule has 5 aliphatic rings. The minimum absolute atomic E-state index is 0.0716. The van der Waals surface area contributed by atoms with Gasteiger partial charge in [0.1, 0.15) is 0 Å². The third-order valence-corrected chi connectivity index (χ3v) is 13.5. The summed E-state index contributed by atoms with van der Waals surface area (Å²) in [5, 5.41) is 33.3. The number of hydrogen-bond acceptors (Lipinski definition) is 3. The van der Waals surface area contributed by atoms with Crippen molar-refractivity contribution in [3.05, 3.63) is 11.6 Å². The zero-order valence-electron chi connectivity index (χ0n) is 22.6. The fraction of sp³-hybridized carbons (Fsp3) is 0.900. The van der Waals surface area contributed by atoms with Gasteiger partial charge in [0.25, 0.3) is 0 Å². The molecule has 0 radical (unpaired) electrons. The number of rotatable bonds is 1. The monoisotopic (exact) mass is 472 g/mol. The molecule has 192 valence electrons. The predicted octanol–water partition coefficient (Wildman–Crippen LogP) is 6.20. The molecule has 0 amide bonds. The highest BCUT2D eigenvalue weighted by molar-refractivity contribution is 5.77. The van der Waals surface area contributed by atoms with E-state index in [9.17, 15) is 20.1 Å². The van der Waals surface area contributed by atoms with Crippen molar-refractivity contribution in [1.29, 1.82) is 0 Å². The average Bonchev–Trinajstić information content (AvgIpc) is 2.74. The Morgan fingerprint density at radius 1 is 0.912 bits per heavy atom. The zero-order chi connectivity index (χ0) is 25.1. The van der Waals surface area contributed by atoms with Gasteiger partial charge in [-0.2, -0.15) is 0 Å². The van der Waals surface area contributed by atoms with Gasteiger partial charge in [0.2, 0.25) is 0 Å². The Morgan fingerprint density at radius 3 is 2.24 bits per heavy atom. The smallest absolute Gasteiger partial charge is 0.310 e. The Balaban J connectivity index is 1.64. The van der Waals surface area contributed by atoms with Crippen LogP contribution in [-0.4, -0.2) is 33.0 Å².